The van der Waals surface area contributed by atoms with Gasteiger partial charge in [0.05, 0.1) is 13.2 Å². The molecular weight excluding hydrogens is 347 g/mol. The summed E-state index contributed by atoms with van der Waals surface area (Å²) in [5, 5.41) is 10.2. The first kappa shape index (κ1) is 19.0. The number of hydrogen-bond acceptors (Lipinski definition) is 4. The largest absolute Gasteiger partial charge is 0.508 e. The fourth-order valence-electron chi connectivity index (χ4n) is 2.60. The van der Waals surface area contributed by atoms with Crippen molar-refractivity contribution in [2.45, 2.75) is 26.4 Å². The monoisotopic (exact) mass is 368 g/mol. The molecule has 0 aliphatic heterocycles. The first-order chi connectivity index (χ1) is 11.4. The Hall–Kier alpha value is -1.32. The van der Waals surface area contributed by atoms with E-state index in [4.69, 9.17) is 20.6 Å². The molecule has 0 bridgehead atoms. The van der Waals surface area contributed by atoms with Crippen molar-refractivity contribution in [3.63, 3.8) is 0 Å². The predicted octanol–water partition coefficient (Wildman–Crippen LogP) is 5.71. The molecule has 0 aliphatic carbocycles. The highest BCUT2D eigenvalue weighted by Crippen LogP contribution is 2.63. The van der Waals surface area contributed by atoms with Gasteiger partial charge < -0.3 is 14.2 Å². The van der Waals surface area contributed by atoms with Crippen LogP contribution in [0.5, 0.6) is 5.75 Å². The van der Waals surface area contributed by atoms with Gasteiger partial charge in [0, 0.05) is 5.02 Å². The van der Waals surface area contributed by atoms with Crippen LogP contribution in [-0.2, 0) is 13.6 Å². The second-order valence-corrected chi connectivity index (χ2v) is 7.90. The lowest BCUT2D eigenvalue weighted by Gasteiger charge is -2.27. The summed E-state index contributed by atoms with van der Waals surface area (Å²) in [4.78, 5) is 0. The van der Waals surface area contributed by atoms with Crippen molar-refractivity contribution in [3.8, 4) is 5.75 Å². The van der Waals surface area contributed by atoms with Crippen molar-refractivity contribution in [3.05, 3.63) is 64.2 Å². The van der Waals surface area contributed by atoms with Crippen LogP contribution in [-0.4, -0.2) is 18.3 Å². The van der Waals surface area contributed by atoms with E-state index in [-0.39, 0.29) is 19.0 Å². The van der Waals surface area contributed by atoms with Crippen molar-refractivity contribution >= 4 is 19.2 Å². The quantitative estimate of drug-likeness (QED) is 0.636. The zero-order valence-electron chi connectivity index (χ0n) is 14.0. The Kier molecular flexibility index (Phi) is 6.47. The molecule has 130 valence electrons. The van der Waals surface area contributed by atoms with Gasteiger partial charge in [0.1, 0.15) is 11.4 Å². The van der Waals surface area contributed by atoms with Gasteiger partial charge in [-0.05, 0) is 55.7 Å². The van der Waals surface area contributed by atoms with Crippen molar-refractivity contribution in [1.82, 2.24) is 0 Å². The minimum Gasteiger partial charge on any atom is -0.508 e. The Bertz CT molecular complexity index is 720. The molecule has 0 aromatic heterocycles. The topological polar surface area (TPSA) is 55.8 Å². The van der Waals surface area contributed by atoms with Crippen LogP contribution < -0.4 is 0 Å². The summed E-state index contributed by atoms with van der Waals surface area (Å²) in [5.74, 6) is 0.146. The van der Waals surface area contributed by atoms with Crippen LogP contribution >= 0.6 is 19.2 Å². The average molecular weight is 369 g/mol. The molecule has 2 aromatic rings. The summed E-state index contributed by atoms with van der Waals surface area (Å²) >= 11 is 6.12. The number of phenols is 1. The number of aromatic hydroxyl groups is 1. The Morgan fingerprint density at radius 1 is 1.04 bits per heavy atom. The highest BCUT2D eigenvalue weighted by molar-refractivity contribution is 7.54. The Balaban J connectivity index is 2.61. The molecule has 1 atom stereocenters. The zero-order chi connectivity index (χ0) is 17.7. The number of phenolic OH excluding ortho intramolecular Hbond substituents is 1. The minimum atomic E-state index is -3.45. The lowest BCUT2D eigenvalue weighted by atomic mass is 10.0. The molecule has 4 nitrogen and oxygen atoms in total. The van der Waals surface area contributed by atoms with Crippen molar-refractivity contribution in [2.75, 3.05) is 13.2 Å². The first-order valence-corrected chi connectivity index (χ1v) is 9.84. The van der Waals surface area contributed by atoms with E-state index in [0.717, 1.165) is 16.7 Å². The first-order valence-electron chi connectivity index (χ1n) is 7.85. The van der Waals surface area contributed by atoms with E-state index in [0.29, 0.717) is 5.02 Å². The summed E-state index contributed by atoms with van der Waals surface area (Å²) in [6, 6.07) is 12.1. The highest BCUT2D eigenvalue weighted by atomic mass is 35.5. The molecule has 2 aromatic carbocycles. The Morgan fingerprint density at radius 2 is 1.58 bits per heavy atom. The number of benzene rings is 2. The average Bonchev–Trinajstić information content (AvgIpc) is 2.53. The molecule has 1 unspecified atom stereocenters. The molecule has 6 heteroatoms. The minimum absolute atomic E-state index is 0.146. The van der Waals surface area contributed by atoms with E-state index >= 15 is 0 Å². The van der Waals surface area contributed by atoms with E-state index in [1.54, 1.807) is 44.2 Å². The summed E-state index contributed by atoms with van der Waals surface area (Å²) in [6.07, 6.45) is 0. The van der Waals surface area contributed by atoms with Gasteiger partial charge in [0.2, 0.25) is 0 Å². The normalized spacial score (nSPS) is 13.0. The summed E-state index contributed by atoms with van der Waals surface area (Å²) < 4.78 is 24.6. The highest BCUT2D eigenvalue weighted by Gasteiger charge is 2.38. The van der Waals surface area contributed by atoms with E-state index < -0.39 is 13.3 Å². The van der Waals surface area contributed by atoms with Crippen molar-refractivity contribution < 1.29 is 18.7 Å². The van der Waals surface area contributed by atoms with Gasteiger partial charge in [-0.25, -0.2) is 0 Å². The van der Waals surface area contributed by atoms with Crippen LogP contribution in [0.3, 0.4) is 0 Å². The maximum atomic E-state index is 13.5. The van der Waals surface area contributed by atoms with Crippen LogP contribution in [0.4, 0.5) is 0 Å². The molecule has 0 heterocycles. The fourth-order valence-corrected chi connectivity index (χ4v) is 4.87. The fraction of sp³-hybridized carbons (Fsp3) is 0.333. The van der Waals surface area contributed by atoms with Crippen LogP contribution in [0.15, 0.2) is 42.5 Å². The van der Waals surface area contributed by atoms with Gasteiger partial charge in [-0.1, -0.05) is 35.9 Å². The molecule has 0 aliphatic rings. The molecule has 0 radical (unpaired) electrons. The van der Waals surface area contributed by atoms with E-state index in [1.807, 2.05) is 19.1 Å². The predicted molar refractivity (Wildman–Crippen MR) is 97.0 cm³/mol. The molecule has 0 amide bonds. The third-order valence-corrected chi connectivity index (χ3v) is 6.53. The summed E-state index contributed by atoms with van der Waals surface area (Å²) in [7, 11) is -3.45. The van der Waals surface area contributed by atoms with Crippen LogP contribution in [0, 0.1) is 6.92 Å². The van der Waals surface area contributed by atoms with Crippen LogP contribution in [0.1, 0.15) is 36.2 Å². The molecule has 1 N–H and O–H groups in total. The second-order valence-electron chi connectivity index (χ2n) is 5.38. The Morgan fingerprint density at radius 3 is 2.08 bits per heavy atom. The third-order valence-electron chi connectivity index (χ3n) is 3.64. The maximum Gasteiger partial charge on any atom is 0.342 e. The molecule has 0 spiro atoms. The maximum absolute atomic E-state index is 13.5. The smallest absolute Gasteiger partial charge is 0.342 e. The number of hydrogen-bond donors (Lipinski definition) is 1. The van der Waals surface area contributed by atoms with Gasteiger partial charge in [-0.3, -0.25) is 4.57 Å². The van der Waals surface area contributed by atoms with Gasteiger partial charge >= 0.3 is 7.60 Å². The van der Waals surface area contributed by atoms with Crippen LogP contribution in [0.25, 0.3) is 0 Å². The zero-order valence-corrected chi connectivity index (χ0v) is 15.7. The second kappa shape index (κ2) is 8.17. The SMILES string of the molecule is CCOP(=O)(OCC)C(c1ccc(O)cc1)c1ccc(Cl)c(C)c1. The standard InChI is InChI=1S/C18H22ClO4P/c1-4-22-24(21,23-5-2)18(14-6-9-16(20)10-7-14)15-8-11-17(19)13(3)12-15/h6-12,18,20H,4-5H2,1-3H3. The lowest BCUT2D eigenvalue weighted by Crippen LogP contribution is -2.09. The van der Waals surface area contributed by atoms with Crippen LogP contribution in [0.2, 0.25) is 5.02 Å². The van der Waals surface area contributed by atoms with Crippen molar-refractivity contribution in [2.24, 2.45) is 0 Å². The van der Waals surface area contributed by atoms with Gasteiger partial charge in [-0.15, -0.1) is 0 Å². The summed E-state index contributed by atoms with van der Waals surface area (Å²) in [6.45, 7) is 6.02. The number of aryl methyl sites for hydroxylation is 1. The third kappa shape index (κ3) is 4.20. The molecule has 0 saturated carbocycles. The molecule has 0 fully saturated rings. The molecule has 24 heavy (non-hydrogen) atoms. The van der Waals surface area contributed by atoms with E-state index in [1.165, 1.54) is 0 Å². The van der Waals surface area contributed by atoms with Gasteiger partial charge in [-0.2, -0.15) is 0 Å². The number of halogens is 1. The molecule has 2 rings (SSSR count). The van der Waals surface area contributed by atoms with Crippen molar-refractivity contribution in [1.29, 1.82) is 0 Å². The molecular formula is C18H22ClO4P. The lowest BCUT2D eigenvalue weighted by molar-refractivity contribution is 0.215. The molecule has 0 saturated heterocycles. The van der Waals surface area contributed by atoms with E-state index in [2.05, 4.69) is 0 Å². The van der Waals surface area contributed by atoms with Gasteiger partial charge in [0.15, 0.2) is 0 Å². The summed E-state index contributed by atoms with van der Waals surface area (Å²) in [5.41, 5.74) is 1.85. The number of rotatable bonds is 7. The Labute approximate surface area is 147 Å². The van der Waals surface area contributed by atoms with E-state index in [9.17, 15) is 9.67 Å². The van der Waals surface area contributed by atoms with Gasteiger partial charge in [0.25, 0.3) is 0 Å².